The molecule has 1 heterocycles. The van der Waals surface area contributed by atoms with Crippen LogP contribution in [-0.4, -0.2) is 34.2 Å². The van der Waals surface area contributed by atoms with Crippen LogP contribution < -0.4 is 5.32 Å². The number of amides is 1. The Hall–Kier alpha value is -0.870. The normalized spacial score (nSPS) is 21.3. The van der Waals surface area contributed by atoms with Gasteiger partial charge < -0.3 is 5.32 Å². The fraction of sp³-hybridized carbons (Fsp3) is 0.864. The van der Waals surface area contributed by atoms with Crippen LogP contribution in [0.15, 0.2) is 12.2 Å². The zero-order valence-corrected chi connectivity index (χ0v) is 18.3. The number of nitrogens with one attached hydrogen (secondary N) is 1. The smallest absolute Gasteiger partial charge is 0.217 e. The van der Waals surface area contributed by atoms with Gasteiger partial charge in [-0.2, -0.15) is 5.06 Å². The molecule has 0 aromatic heterocycles. The van der Waals surface area contributed by atoms with Crippen molar-refractivity contribution in [1.82, 2.24) is 10.4 Å². The molecule has 26 heavy (non-hydrogen) atoms. The van der Waals surface area contributed by atoms with Gasteiger partial charge in [0.15, 0.2) is 0 Å². The quantitative estimate of drug-likeness (QED) is 0.417. The molecule has 1 rings (SSSR count). The molecule has 0 aromatic rings. The Bertz CT molecular complexity index is 453. The molecule has 152 valence electrons. The van der Waals surface area contributed by atoms with E-state index in [4.69, 9.17) is 4.84 Å². The van der Waals surface area contributed by atoms with E-state index in [2.05, 4.69) is 58.5 Å². The van der Waals surface area contributed by atoms with E-state index in [-0.39, 0.29) is 29.1 Å². The van der Waals surface area contributed by atoms with Crippen molar-refractivity contribution in [3.8, 4) is 0 Å². The second-order valence-corrected chi connectivity index (χ2v) is 9.37. The van der Waals surface area contributed by atoms with Crippen LogP contribution in [0.4, 0.5) is 0 Å². The molecule has 1 aliphatic heterocycles. The van der Waals surface area contributed by atoms with Gasteiger partial charge in [-0.05, 0) is 59.5 Å². The van der Waals surface area contributed by atoms with E-state index >= 15 is 0 Å². The Balaban J connectivity index is 2.76. The maximum absolute atomic E-state index is 11.5. The topological polar surface area (TPSA) is 41.6 Å². The minimum atomic E-state index is -0.148. The largest absolute Gasteiger partial charge is 0.353 e. The highest BCUT2D eigenvalue weighted by Crippen LogP contribution is 2.40. The van der Waals surface area contributed by atoms with Gasteiger partial charge >= 0.3 is 0 Å². The summed E-state index contributed by atoms with van der Waals surface area (Å²) < 4.78 is 0. The molecule has 1 fully saturated rings. The average Bonchev–Trinajstić information content (AvgIpc) is 2.46. The summed E-state index contributed by atoms with van der Waals surface area (Å²) in [7, 11) is 0. The van der Waals surface area contributed by atoms with Gasteiger partial charge in [-0.3, -0.25) is 9.63 Å². The highest BCUT2D eigenvalue weighted by atomic mass is 16.7. The third-order valence-corrected chi connectivity index (χ3v) is 5.35. The first-order chi connectivity index (χ1) is 12.0. The van der Waals surface area contributed by atoms with Crippen LogP contribution in [0, 0.1) is 0 Å². The van der Waals surface area contributed by atoms with E-state index in [1.165, 1.54) is 32.1 Å². The molecule has 0 aromatic carbocycles. The number of carbonyl (C=O) groups excluding carboxylic acids is 1. The molecule has 1 amide bonds. The van der Waals surface area contributed by atoms with E-state index in [1.807, 2.05) is 0 Å². The molecule has 1 N–H and O–H groups in total. The van der Waals surface area contributed by atoms with Crippen LogP contribution in [0.25, 0.3) is 0 Å². The number of carbonyl (C=O) groups is 1. The summed E-state index contributed by atoms with van der Waals surface area (Å²) in [5, 5.41) is 5.29. The number of hydroxylamine groups is 2. The van der Waals surface area contributed by atoms with E-state index < -0.39 is 0 Å². The Morgan fingerprint density at radius 1 is 1.12 bits per heavy atom. The molecular weight excluding hydrogens is 324 g/mol. The van der Waals surface area contributed by atoms with Crippen molar-refractivity contribution < 1.29 is 9.63 Å². The standard InChI is InChI=1S/C22H42N2O2/c1-9-10-11-12-13-14-20(17(2)3)26-24-21(5,6)15-19(23-18(4)25)16-22(24,7)8/h19-20H,2,9-16H2,1,3-8H3,(H,23,25). The van der Waals surface area contributed by atoms with Crippen molar-refractivity contribution >= 4 is 5.91 Å². The lowest BCUT2D eigenvalue weighted by molar-refractivity contribution is -0.301. The molecule has 1 unspecified atom stereocenters. The highest BCUT2D eigenvalue weighted by Gasteiger charge is 2.47. The van der Waals surface area contributed by atoms with Crippen LogP contribution in [0.3, 0.4) is 0 Å². The van der Waals surface area contributed by atoms with Crippen molar-refractivity contribution in [3.63, 3.8) is 0 Å². The van der Waals surface area contributed by atoms with Crippen LogP contribution in [0.5, 0.6) is 0 Å². The van der Waals surface area contributed by atoms with E-state index in [9.17, 15) is 4.79 Å². The summed E-state index contributed by atoms with van der Waals surface area (Å²) in [6.07, 6.45) is 9.19. The summed E-state index contributed by atoms with van der Waals surface area (Å²) in [5.74, 6) is 0.0443. The van der Waals surface area contributed by atoms with Gasteiger partial charge in [-0.15, -0.1) is 0 Å². The number of hydrogen-bond acceptors (Lipinski definition) is 3. The highest BCUT2D eigenvalue weighted by molar-refractivity contribution is 5.73. The van der Waals surface area contributed by atoms with Crippen molar-refractivity contribution in [1.29, 1.82) is 0 Å². The molecule has 0 bridgehead atoms. The monoisotopic (exact) mass is 366 g/mol. The lowest BCUT2D eigenvalue weighted by Crippen LogP contribution is -2.64. The predicted octanol–water partition coefficient (Wildman–Crippen LogP) is 5.38. The van der Waals surface area contributed by atoms with Gasteiger partial charge in [0.2, 0.25) is 5.91 Å². The summed E-state index contributed by atoms with van der Waals surface area (Å²) in [6.45, 7) is 18.9. The van der Waals surface area contributed by atoms with Gasteiger partial charge in [0.25, 0.3) is 0 Å². The molecule has 4 nitrogen and oxygen atoms in total. The zero-order valence-electron chi connectivity index (χ0n) is 18.3. The summed E-state index contributed by atoms with van der Waals surface area (Å²) in [6, 6.07) is 0.190. The maximum atomic E-state index is 11.5. The minimum absolute atomic E-state index is 0.0443. The number of nitrogens with zero attached hydrogens (tertiary/aromatic N) is 1. The summed E-state index contributed by atoms with van der Waals surface area (Å²) >= 11 is 0. The Labute approximate surface area is 161 Å². The van der Waals surface area contributed by atoms with Crippen molar-refractivity contribution in [2.75, 3.05) is 0 Å². The third kappa shape index (κ3) is 7.03. The molecule has 0 radical (unpaired) electrons. The molecule has 0 spiro atoms. The minimum Gasteiger partial charge on any atom is -0.353 e. The second kappa shape index (κ2) is 9.89. The number of unbranched alkanes of at least 4 members (excludes halogenated alkanes) is 4. The van der Waals surface area contributed by atoms with Gasteiger partial charge in [-0.1, -0.05) is 45.6 Å². The lowest BCUT2D eigenvalue weighted by Gasteiger charge is -2.54. The van der Waals surface area contributed by atoms with Gasteiger partial charge in [0.1, 0.15) is 0 Å². The zero-order chi connectivity index (χ0) is 20.0. The van der Waals surface area contributed by atoms with Gasteiger partial charge in [0, 0.05) is 24.0 Å². The van der Waals surface area contributed by atoms with Crippen molar-refractivity contribution in [2.45, 2.75) is 123 Å². The average molecular weight is 367 g/mol. The Morgan fingerprint density at radius 2 is 1.65 bits per heavy atom. The molecule has 1 aliphatic rings. The number of piperidine rings is 1. The SMILES string of the molecule is C=C(C)C(CCCCCCC)ON1C(C)(C)CC(NC(C)=O)CC1(C)C. The van der Waals surface area contributed by atoms with Crippen molar-refractivity contribution in [3.05, 3.63) is 12.2 Å². The molecule has 1 saturated heterocycles. The molecule has 4 heteroatoms. The number of rotatable bonds is 10. The van der Waals surface area contributed by atoms with E-state index in [0.29, 0.717) is 0 Å². The molecular formula is C22H42N2O2. The number of hydrogen-bond donors (Lipinski definition) is 1. The van der Waals surface area contributed by atoms with Crippen LogP contribution in [0.2, 0.25) is 0 Å². The first-order valence-electron chi connectivity index (χ1n) is 10.4. The molecule has 0 aliphatic carbocycles. The van der Waals surface area contributed by atoms with Gasteiger partial charge in [-0.25, -0.2) is 0 Å². The molecule has 1 atom stereocenters. The second-order valence-electron chi connectivity index (χ2n) is 9.37. The molecule has 0 saturated carbocycles. The Kier molecular flexibility index (Phi) is 8.81. The first kappa shape index (κ1) is 23.2. The summed E-state index contributed by atoms with van der Waals surface area (Å²) in [4.78, 5) is 18.1. The van der Waals surface area contributed by atoms with Crippen molar-refractivity contribution in [2.24, 2.45) is 0 Å². The van der Waals surface area contributed by atoms with Crippen LogP contribution >= 0.6 is 0 Å². The summed E-state index contributed by atoms with van der Waals surface area (Å²) in [5.41, 5.74) is 0.798. The van der Waals surface area contributed by atoms with Crippen LogP contribution in [-0.2, 0) is 9.63 Å². The Morgan fingerprint density at radius 3 is 2.12 bits per heavy atom. The fourth-order valence-corrected chi connectivity index (χ4v) is 4.39. The van der Waals surface area contributed by atoms with Gasteiger partial charge in [0.05, 0.1) is 6.10 Å². The predicted molar refractivity (Wildman–Crippen MR) is 110 cm³/mol. The van der Waals surface area contributed by atoms with E-state index in [0.717, 1.165) is 24.8 Å². The third-order valence-electron chi connectivity index (χ3n) is 5.35. The lowest BCUT2D eigenvalue weighted by atomic mass is 9.79. The maximum Gasteiger partial charge on any atom is 0.217 e. The first-order valence-corrected chi connectivity index (χ1v) is 10.4. The van der Waals surface area contributed by atoms with Crippen LogP contribution in [0.1, 0.15) is 99.8 Å². The fourth-order valence-electron chi connectivity index (χ4n) is 4.39. The van der Waals surface area contributed by atoms with E-state index in [1.54, 1.807) is 6.92 Å².